The van der Waals surface area contributed by atoms with Gasteiger partial charge in [-0.3, -0.25) is 9.59 Å². The van der Waals surface area contributed by atoms with E-state index in [2.05, 4.69) is 17.6 Å². The molecule has 1 aliphatic rings. The Morgan fingerprint density at radius 3 is 2.53 bits per heavy atom. The molecule has 1 aliphatic carbocycles. The lowest BCUT2D eigenvalue weighted by Gasteiger charge is -2.32. The van der Waals surface area contributed by atoms with Gasteiger partial charge in [-0.15, -0.1) is 0 Å². The minimum Gasteiger partial charge on any atom is -0.493 e. The molecule has 0 aliphatic heterocycles. The van der Waals surface area contributed by atoms with Crippen LogP contribution in [-0.2, 0) is 4.79 Å². The van der Waals surface area contributed by atoms with Crippen LogP contribution in [0, 0.1) is 18.8 Å². The van der Waals surface area contributed by atoms with E-state index in [-0.39, 0.29) is 0 Å². The molecule has 166 valence electrons. The molecule has 1 unspecified atom stereocenters. The van der Waals surface area contributed by atoms with Crippen LogP contribution in [0.3, 0.4) is 0 Å². The van der Waals surface area contributed by atoms with Gasteiger partial charge < -0.3 is 24.9 Å². The summed E-state index contributed by atoms with van der Waals surface area (Å²) in [7, 11) is 1.45. The van der Waals surface area contributed by atoms with Crippen LogP contribution in [0.5, 0.6) is 5.75 Å². The summed E-state index contributed by atoms with van der Waals surface area (Å²) in [6, 6.07) is 5.40. The number of aliphatic hydroxyl groups is 1. The Hall–Kier alpha value is -2.54. The van der Waals surface area contributed by atoms with Gasteiger partial charge in [0.05, 0.1) is 18.8 Å². The Morgan fingerprint density at radius 2 is 1.97 bits per heavy atom. The van der Waals surface area contributed by atoms with Crippen molar-refractivity contribution >= 4 is 22.8 Å². The van der Waals surface area contributed by atoms with Gasteiger partial charge in [0.2, 0.25) is 5.91 Å². The Labute approximate surface area is 178 Å². The quantitative estimate of drug-likeness (QED) is 0.640. The minimum atomic E-state index is -1.43. The van der Waals surface area contributed by atoms with E-state index < -0.39 is 24.0 Å². The van der Waals surface area contributed by atoms with Gasteiger partial charge in [0, 0.05) is 12.4 Å². The molecule has 2 aromatic rings. The van der Waals surface area contributed by atoms with Crippen LogP contribution in [0.15, 0.2) is 22.6 Å². The Kier molecular flexibility index (Phi) is 7.89. The van der Waals surface area contributed by atoms with Gasteiger partial charge >= 0.3 is 0 Å². The number of carbonyl (C=O) groups excluding carboxylic acids is 2. The second-order valence-corrected chi connectivity index (χ2v) is 7.97. The molecule has 3 rings (SSSR count). The zero-order chi connectivity index (χ0) is 22.5. The summed E-state index contributed by atoms with van der Waals surface area (Å²) in [4.78, 5) is 25.0. The molecule has 7 heteroatoms. The summed E-state index contributed by atoms with van der Waals surface area (Å²) < 4.78 is 11.6. The third-order valence-corrected chi connectivity index (χ3v) is 5.45. The summed E-state index contributed by atoms with van der Waals surface area (Å²) in [5, 5.41) is 15.3. The van der Waals surface area contributed by atoms with Gasteiger partial charge in [-0.25, -0.2) is 0 Å². The average molecular weight is 419 g/mol. The topological polar surface area (TPSA) is 101 Å². The van der Waals surface area contributed by atoms with Gasteiger partial charge in [-0.2, -0.15) is 0 Å². The van der Waals surface area contributed by atoms with Crippen LogP contribution in [0.4, 0.5) is 0 Å². The number of benzene rings is 1. The molecule has 0 bridgehead atoms. The molecule has 0 saturated heterocycles. The van der Waals surface area contributed by atoms with Crippen molar-refractivity contribution in [2.75, 3.05) is 20.3 Å². The smallest absolute Gasteiger partial charge is 0.256 e. The third kappa shape index (κ3) is 4.95. The first-order valence-electron chi connectivity index (χ1n) is 10.6. The molecule has 1 aromatic heterocycles. The van der Waals surface area contributed by atoms with Crippen LogP contribution in [0.25, 0.3) is 11.0 Å². The van der Waals surface area contributed by atoms with E-state index in [0.717, 1.165) is 5.92 Å². The van der Waals surface area contributed by atoms with Gasteiger partial charge in [-0.05, 0) is 56.7 Å². The van der Waals surface area contributed by atoms with Crippen molar-refractivity contribution in [2.45, 2.75) is 53.0 Å². The molecule has 3 N–H and O–H groups in total. The number of aliphatic hydroxyl groups excluding tert-OH is 1. The molecule has 2 amide bonds. The van der Waals surface area contributed by atoms with Crippen molar-refractivity contribution in [3.63, 3.8) is 0 Å². The van der Waals surface area contributed by atoms with Crippen molar-refractivity contribution in [3.05, 3.63) is 29.5 Å². The molecule has 1 fully saturated rings. The van der Waals surface area contributed by atoms with E-state index in [4.69, 9.17) is 9.15 Å². The van der Waals surface area contributed by atoms with Gasteiger partial charge in [0.25, 0.3) is 5.91 Å². The molecular formula is C23H34N2O5. The monoisotopic (exact) mass is 418 g/mol. The van der Waals surface area contributed by atoms with Crippen LogP contribution in [0.1, 0.15) is 56.7 Å². The maximum absolute atomic E-state index is 12.9. The Balaban J connectivity index is 0.00000155. The van der Waals surface area contributed by atoms with Crippen LogP contribution in [-0.4, -0.2) is 42.7 Å². The number of amides is 2. The highest BCUT2D eigenvalue weighted by molar-refractivity contribution is 6.09. The Bertz CT molecular complexity index is 885. The van der Waals surface area contributed by atoms with Crippen LogP contribution < -0.4 is 15.4 Å². The largest absolute Gasteiger partial charge is 0.493 e. The number of hydrogen-bond donors (Lipinski definition) is 3. The average Bonchev–Trinajstić information content (AvgIpc) is 3.06. The molecular weight excluding hydrogens is 384 g/mol. The zero-order valence-electron chi connectivity index (χ0n) is 18.8. The number of nitrogens with one attached hydrogen (secondary N) is 2. The molecule has 1 heterocycles. The van der Waals surface area contributed by atoms with Gasteiger partial charge in [0.1, 0.15) is 22.6 Å². The second kappa shape index (κ2) is 9.98. The first-order chi connectivity index (χ1) is 14.3. The number of hydrogen-bond acceptors (Lipinski definition) is 5. The molecule has 0 spiro atoms. The number of ether oxygens (including phenoxy) is 1. The highest BCUT2D eigenvalue weighted by atomic mass is 16.5. The lowest BCUT2D eigenvalue weighted by molar-refractivity contribution is -0.127. The fraction of sp³-hybridized carbons (Fsp3) is 0.565. The first kappa shape index (κ1) is 23.7. The van der Waals surface area contributed by atoms with Crippen molar-refractivity contribution in [3.8, 4) is 5.75 Å². The maximum Gasteiger partial charge on any atom is 0.256 e. The van der Waals surface area contributed by atoms with Crippen LogP contribution >= 0.6 is 0 Å². The van der Waals surface area contributed by atoms with E-state index in [9.17, 15) is 14.7 Å². The SMILES string of the molecule is CC.CNC(=O)C(C)(CO)NC(=O)c1c(C)oc2ccc(OCC3CC(C)C3)cc12. The van der Waals surface area contributed by atoms with E-state index >= 15 is 0 Å². The maximum atomic E-state index is 12.9. The molecule has 7 nitrogen and oxygen atoms in total. The fourth-order valence-corrected chi connectivity index (χ4v) is 3.75. The summed E-state index contributed by atoms with van der Waals surface area (Å²) in [5.74, 6) is 1.50. The summed E-state index contributed by atoms with van der Waals surface area (Å²) in [5.41, 5.74) is -0.532. The standard InChI is InChI=1S/C21H28N2O5.C2H6/c1-12-7-14(8-12)10-27-15-5-6-17-16(9-15)18(13(2)28-17)19(25)23-21(3,11-24)20(26)22-4;1-2/h5-6,9,12,14,24H,7-8,10-11H2,1-4H3,(H,22,26)(H,23,25);1-2H3. The lowest BCUT2D eigenvalue weighted by atomic mass is 9.77. The minimum absolute atomic E-state index is 0.335. The number of fused-ring (bicyclic) bond motifs is 1. The number of likely N-dealkylation sites (N-methyl/N-ethyl adjacent to an activating group) is 1. The van der Waals surface area contributed by atoms with Crippen molar-refractivity contribution in [2.24, 2.45) is 11.8 Å². The summed E-state index contributed by atoms with van der Waals surface area (Å²) >= 11 is 0. The molecule has 1 aromatic carbocycles. The van der Waals surface area contributed by atoms with Crippen molar-refractivity contribution < 1.29 is 23.8 Å². The van der Waals surface area contributed by atoms with Gasteiger partial charge in [-0.1, -0.05) is 20.8 Å². The Morgan fingerprint density at radius 1 is 1.30 bits per heavy atom. The highest BCUT2D eigenvalue weighted by Crippen LogP contribution is 2.34. The predicted octanol–water partition coefficient (Wildman–Crippen LogP) is 3.42. The summed E-state index contributed by atoms with van der Waals surface area (Å²) in [6.45, 7) is 9.53. The van der Waals surface area contributed by atoms with E-state index in [1.54, 1.807) is 19.1 Å². The number of carbonyl (C=O) groups is 2. The molecule has 1 saturated carbocycles. The fourth-order valence-electron chi connectivity index (χ4n) is 3.75. The van der Waals surface area contributed by atoms with E-state index in [1.165, 1.54) is 26.8 Å². The lowest BCUT2D eigenvalue weighted by Crippen LogP contribution is -2.58. The van der Waals surface area contributed by atoms with Gasteiger partial charge in [0.15, 0.2) is 0 Å². The number of rotatable bonds is 7. The summed E-state index contributed by atoms with van der Waals surface area (Å²) in [6.07, 6.45) is 2.36. The molecule has 1 atom stereocenters. The second-order valence-electron chi connectivity index (χ2n) is 7.97. The predicted molar refractivity (Wildman–Crippen MR) is 117 cm³/mol. The van der Waals surface area contributed by atoms with E-state index in [0.29, 0.717) is 40.6 Å². The highest BCUT2D eigenvalue weighted by Gasteiger charge is 2.35. The zero-order valence-corrected chi connectivity index (χ0v) is 18.8. The molecule has 30 heavy (non-hydrogen) atoms. The molecule has 0 radical (unpaired) electrons. The van der Waals surface area contributed by atoms with Crippen molar-refractivity contribution in [1.82, 2.24) is 10.6 Å². The van der Waals surface area contributed by atoms with Crippen LogP contribution in [0.2, 0.25) is 0 Å². The first-order valence-corrected chi connectivity index (χ1v) is 10.6. The number of furan rings is 1. The third-order valence-electron chi connectivity index (χ3n) is 5.45. The van der Waals surface area contributed by atoms with E-state index in [1.807, 2.05) is 19.9 Å². The normalized spacial score (nSPS) is 19.7. The van der Waals surface area contributed by atoms with Crippen molar-refractivity contribution in [1.29, 1.82) is 0 Å². The number of aryl methyl sites for hydroxylation is 1.